The van der Waals surface area contributed by atoms with E-state index in [1.807, 2.05) is 0 Å². The zero-order valence-corrected chi connectivity index (χ0v) is 14.3. The quantitative estimate of drug-likeness (QED) is 0.867. The molecule has 3 N–H and O–H groups in total. The molecular formula is C18H26F3N3O. The number of anilines is 1. The molecule has 4 nitrogen and oxygen atoms in total. The van der Waals surface area contributed by atoms with Crippen molar-refractivity contribution in [2.75, 3.05) is 18.0 Å². The van der Waals surface area contributed by atoms with Crippen LogP contribution in [0.2, 0.25) is 0 Å². The van der Waals surface area contributed by atoms with Crippen LogP contribution in [0.3, 0.4) is 0 Å². The fourth-order valence-corrected chi connectivity index (χ4v) is 3.88. The van der Waals surface area contributed by atoms with E-state index >= 15 is 0 Å². The molecule has 25 heavy (non-hydrogen) atoms. The molecule has 2 aliphatic rings. The lowest BCUT2D eigenvalue weighted by Crippen LogP contribution is -2.55. The van der Waals surface area contributed by atoms with Crippen LogP contribution >= 0.6 is 0 Å². The van der Waals surface area contributed by atoms with E-state index in [1.54, 1.807) is 12.1 Å². The molecule has 1 aliphatic heterocycles. The third-order valence-corrected chi connectivity index (χ3v) is 5.13. The molecule has 0 amide bonds. The van der Waals surface area contributed by atoms with Crippen LogP contribution in [0.1, 0.15) is 38.5 Å². The van der Waals surface area contributed by atoms with Crippen molar-refractivity contribution in [1.82, 2.24) is 5.32 Å². The van der Waals surface area contributed by atoms with E-state index in [4.69, 9.17) is 5.73 Å². The highest BCUT2D eigenvalue weighted by Crippen LogP contribution is 2.27. The Bertz CT molecular complexity index is 549. The van der Waals surface area contributed by atoms with Gasteiger partial charge >= 0.3 is 6.36 Å². The van der Waals surface area contributed by atoms with Gasteiger partial charge in [0.15, 0.2) is 0 Å². The predicted octanol–water partition coefficient (Wildman–Crippen LogP) is 3.41. The number of rotatable bonds is 4. The summed E-state index contributed by atoms with van der Waals surface area (Å²) in [7, 11) is 0. The highest BCUT2D eigenvalue weighted by molar-refractivity contribution is 5.49. The highest BCUT2D eigenvalue weighted by Gasteiger charge is 2.31. The van der Waals surface area contributed by atoms with E-state index in [-0.39, 0.29) is 11.8 Å². The summed E-state index contributed by atoms with van der Waals surface area (Å²) in [6, 6.07) is 7.09. The number of nitrogens with two attached hydrogens (primary N) is 1. The van der Waals surface area contributed by atoms with E-state index < -0.39 is 6.36 Å². The lowest BCUT2D eigenvalue weighted by molar-refractivity contribution is -0.274. The van der Waals surface area contributed by atoms with Crippen molar-refractivity contribution in [3.8, 4) is 5.75 Å². The normalized spacial score (nSPS) is 28.0. The van der Waals surface area contributed by atoms with Crippen LogP contribution in [-0.4, -0.2) is 37.6 Å². The summed E-state index contributed by atoms with van der Waals surface area (Å²) in [6.07, 6.45) is 2.15. The highest BCUT2D eigenvalue weighted by atomic mass is 19.4. The molecule has 0 spiro atoms. The maximum absolute atomic E-state index is 12.3. The molecule has 2 fully saturated rings. The predicted molar refractivity (Wildman–Crippen MR) is 91.7 cm³/mol. The number of nitrogens with zero attached hydrogens (tertiary/aromatic N) is 1. The van der Waals surface area contributed by atoms with Crippen molar-refractivity contribution >= 4 is 5.69 Å². The van der Waals surface area contributed by atoms with Crippen molar-refractivity contribution in [2.45, 2.75) is 63.0 Å². The zero-order chi connectivity index (χ0) is 17.9. The summed E-state index contributed by atoms with van der Waals surface area (Å²) in [5.74, 6) is -0.184. The molecule has 1 aliphatic carbocycles. The monoisotopic (exact) mass is 357 g/mol. The Morgan fingerprint density at radius 1 is 1.04 bits per heavy atom. The van der Waals surface area contributed by atoms with E-state index in [1.165, 1.54) is 25.0 Å². The fraction of sp³-hybridized carbons (Fsp3) is 0.667. The molecule has 1 saturated heterocycles. The second-order valence-electron chi connectivity index (χ2n) is 7.05. The topological polar surface area (TPSA) is 50.5 Å². The van der Waals surface area contributed by atoms with Crippen LogP contribution in [0.15, 0.2) is 24.3 Å². The van der Waals surface area contributed by atoms with Gasteiger partial charge in [-0.3, -0.25) is 0 Å². The first-order valence-corrected chi connectivity index (χ1v) is 9.03. The van der Waals surface area contributed by atoms with Gasteiger partial charge in [-0.1, -0.05) is 12.8 Å². The van der Waals surface area contributed by atoms with E-state index in [0.717, 1.165) is 44.5 Å². The van der Waals surface area contributed by atoms with Gasteiger partial charge in [0, 0.05) is 36.9 Å². The number of ether oxygens (including phenoxy) is 1. The Balaban J connectivity index is 1.57. The average molecular weight is 357 g/mol. The number of hydrogen-bond acceptors (Lipinski definition) is 4. The number of benzene rings is 1. The molecule has 0 bridgehead atoms. The second-order valence-corrected chi connectivity index (χ2v) is 7.05. The SMILES string of the molecule is N[C@@H]1CCCC[C@H]1NC1CCCN(c2ccc(OC(F)(F)F)cc2)C1. The Morgan fingerprint density at radius 3 is 2.44 bits per heavy atom. The van der Waals surface area contributed by atoms with Gasteiger partial charge < -0.3 is 20.7 Å². The van der Waals surface area contributed by atoms with Crippen molar-refractivity contribution < 1.29 is 17.9 Å². The summed E-state index contributed by atoms with van der Waals surface area (Å²) in [5.41, 5.74) is 7.15. The van der Waals surface area contributed by atoms with Crippen molar-refractivity contribution in [3.63, 3.8) is 0 Å². The van der Waals surface area contributed by atoms with Gasteiger partial charge in [0.05, 0.1) is 0 Å². The summed E-state index contributed by atoms with van der Waals surface area (Å²) < 4.78 is 40.7. The summed E-state index contributed by atoms with van der Waals surface area (Å²) in [4.78, 5) is 2.22. The van der Waals surface area contributed by atoms with Gasteiger partial charge in [-0.15, -0.1) is 13.2 Å². The fourth-order valence-electron chi connectivity index (χ4n) is 3.88. The molecule has 7 heteroatoms. The molecule has 1 heterocycles. The molecule has 1 unspecified atom stereocenters. The number of halogens is 3. The van der Waals surface area contributed by atoms with Gasteiger partial charge in [-0.05, 0) is 49.9 Å². The van der Waals surface area contributed by atoms with Crippen molar-refractivity contribution in [2.24, 2.45) is 5.73 Å². The van der Waals surface area contributed by atoms with Crippen molar-refractivity contribution in [3.05, 3.63) is 24.3 Å². The van der Waals surface area contributed by atoms with Crippen LogP contribution in [0.25, 0.3) is 0 Å². The van der Waals surface area contributed by atoms with E-state index in [2.05, 4.69) is 15.0 Å². The van der Waals surface area contributed by atoms with E-state index in [0.29, 0.717) is 12.1 Å². The van der Waals surface area contributed by atoms with Crippen LogP contribution in [0.4, 0.5) is 18.9 Å². The van der Waals surface area contributed by atoms with Gasteiger partial charge in [0.25, 0.3) is 0 Å². The van der Waals surface area contributed by atoms with Crippen LogP contribution < -0.4 is 20.7 Å². The second kappa shape index (κ2) is 7.83. The molecular weight excluding hydrogens is 331 g/mol. The molecule has 0 aromatic heterocycles. The third-order valence-electron chi connectivity index (χ3n) is 5.13. The lowest BCUT2D eigenvalue weighted by Gasteiger charge is -2.39. The Labute approximate surface area is 146 Å². The minimum absolute atomic E-state index is 0.184. The zero-order valence-electron chi connectivity index (χ0n) is 14.3. The lowest BCUT2D eigenvalue weighted by atomic mass is 9.89. The number of alkyl halides is 3. The molecule has 140 valence electrons. The largest absolute Gasteiger partial charge is 0.573 e. The average Bonchev–Trinajstić information content (AvgIpc) is 2.57. The van der Waals surface area contributed by atoms with Crippen molar-refractivity contribution in [1.29, 1.82) is 0 Å². The Hall–Kier alpha value is -1.47. The first-order valence-electron chi connectivity index (χ1n) is 9.03. The van der Waals surface area contributed by atoms with Gasteiger partial charge in [0.1, 0.15) is 5.75 Å². The first-order chi connectivity index (χ1) is 11.9. The number of piperidine rings is 1. The smallest absolute Gasteiger partial charge is 0.406 e. The summed E-state index contributed by atoms with van der Waals surface area (Å²) in [6.45, 7) is 1.76. The third kappa shape index (κ3) is 5.25. The standard InChI is InChI=1S/C18H26F3N3O/c19-18(20,21)25-15-9-7-14(8-10-15)24-11-3-4-13(12-24)23-17-6-2-1-5-16(17)22/h7-10,13,16-17,23H,1-6,11-12,22H2/t13?,16-,17-/m1/s1. The molecule has 1 aromatic carbocycles. The van der Waals surface area contributed by atoms with Gasteiger partial charge in [-0.25, -0.2) is 0 Å². The molecule has 1 aromatic rings. The van der Waals surface area contributed by atoms with Crippen LogP contribution in [-0.2, 0) is 0 Å². The van der Waals surface area contributed by atoms with Gasteiger partial charge in [-0.2, -0.15) is 0 Å². The van der Waals surface area contributed by atoms with Gasteiger partial charge in [0.2, 0.25) is 0 Å². The Morgan fingerprint density at radius 2 is 1.76 bits per heavy atom. The Kier molecular flexibility index (Phi) is 5.74. The number of nitrogens with one attached hydrogen (secondary N) is 1. The molecule has 3 atom stereocenters. The summed E-state index contributed by atoms with van der Waals surface area (Å²) >= 11 is 0. The van der Waals surface area contributed by atoms with Crippen LogP contribution in [0, 0.1) is 0 Å². The van der Waals surface area contributed by atoms with E-state index in [9.17, 15) is 13.2 Å². The molecule has 3 rings (SSSR count). The number of hydrogen-bond donors (Lipinski definition) is 2. The maximum atomic E-state index is 12.3. The molecule has 0 radical (unpaired) electrons. The molecule has 1 saturated carbocycles. The summed E-state index contributed by atoms with van der Waals surface area (Å²) in [5, 5.41) is 3.71. The first kappa shape index (κ1) is 18.3. The maximum Gasteiger partial charge on any atom is 0.573 e. The minimum atomic E-state index is -4.65. The van der Waals surface area contributed by atoms with Crippen LogP contribution in [0.5, 0.6) is 5.75 Å². The minimum Gasteiger partial charge on any atom is -0.406 e.